The standard InChI is InChI=1S/C14H10N2O4/c17-15(18)13-9-5-4-8-12(13)10-14(16(19)20)11-6-2-1-3-7-11/h1-10H. The monoisotopic (exact) mass is 270 g/mol. The summed E-state index contributed by atoms with van der Waals surface area (Å²) in [5, 5.41) is 22.1. The third-order valence-electron chi connectivity index (χ3n) is 2.69. The molecule has 0 amide bonds. The molecule has 0 bridgehead atoms. The fourth-order valence-electron chi connectivity index (χ4n) is 1.77. The Labute approximate surface area is 114 Å². The zero-order valence-electron chi connectivity index (χ0n) is 10.3. The summed E-state index contributed by atoms with van der Waals surface area (Å²) in [5.74, 6) is 0. The molecule has 0 heterocycles. The number of nitro benzene ring substituents is 1. The molecule has 0 unspecified atom stereocenters. The van der Waals surface area contributed by atoms with Crippen molar-refractivity contribution in [1.29, 1.82) is 0 Å². The second-order valence-electron chi connectivity index (χ2n) is 3.97. The molecule has 0 aliphatic heterocycles. The second kappa shape index (κ2) is 5.75. The Morgan fingerprint density at radius 1 is 0.900 bits per heavy atom. The van der Waals surface area contributed by atoms with Gasteiger partial charge in [0.15, 0.2) is 0 Å². The minimum atomic E-state index is -0.561. The summed E-state index contributed by atoms with van der Waals surface area (Å²) < 4.78 is 0. The van der Waals surface area contributed by atoms with Gasteiger partial charge in [0, 0.05) is 12.1 Å². The van der Waals surface area contributed by atoms with Gasteiger partial charge in [-0.3, -0.25) is 20.2 Å². The quantitative estimate of drug-likeness (QED) is 0.484. The summed E-state index contributed by atoms with van der Waals surface area (Å²) in [6, 6.07) is 14.2. The van der Waals surface area contributed by atoms with Crippen molar-refractivity contribution in [2.24, 2.45) is 0 Å². The summed E-state index contributed by atoms with van der Waals surface area (Å²) in [7, 11) is 0. The van der Waals surface area contributed by atoms with E-state index in [1.807, 2.05) is 0 Å². The largest absolute Gasteiger partial charge is 0.277 e. The van der Waals surface area contributed by atoms with Gasteiger partial charge in [-0.05, 0) is 18.2 Å². The van der Waals surface area contributed by atoms with Crippen LogP contribution in [0.3, 0.4) is 0 Å². The lowest BCUT2D eigenvalue weighted by Gasteiger charge is -2.00. The average Bonchev–Trinajstić information content (AvgIpc) is 2.45. The Morgan fingerprint density at radius 2 is 1.50 bits per heavy atom. The highest BCUT2D eigenvalue weighted by molar-refractivity contribution is 5.79. The van der Waals surface area contributed by atoms with Crippen LogP contribution in [0, 0.1) is 20.2 Å². The lowest BCUT2D eigenvalue weighted by molar-refractivity contribution is -0.385. The van der Waals surface area contributed by atoms with Crippen molar-refractivity contribution in [2.75, 3.05) is 0 Å². The average molecular weight is 270 g/mol. The molecule has 0 aliphatic rings. The third kappa shape index (κ3) is 2.86. The Morgan fingerprint density at radius 3 is 2.10 bits per heavy atom. The number of para-hydroxylation sites is 1. The van der Waals surface area contributed by atoms with Crippen LogP contribution >= 0.6 is 0 Å². The summed E-state index contributed by atoms with van der Waals surface area (Å²) >= 11 is 0. The molecule has 0 aliphatic carbocycles. The van der Waals surface area contributed by atoms with Gasteiger partial charge in [-0.2, -0.15) is 0 Å². The van der Waals surface area contributed by atoms with E-state index < -0.39 is 9.85 Å². The van der Waals surface area contributed by atoms with Gasteiger partial charge in [0.2, 0.25) is 0 Å². The van der Waals surface area contributed by atoms with Crippen molar-refractivity contribution in [2.45, 2.75) is 0 Å². The first-order valence-corrected chi connectivity index (χ1v) is 5.74. The number of hydrogen-bond donors (Lipinski definition) is 0. The van der Waals surface area contributed by atoms with Gasteiger partial charge < -0.3 is 0 Å². The smallest absolute Gasteiger partial charge is 0.258 e. The molecule has 0 spiro atoms. The van der Waals surface area contributed by atoms with Crippen LogP contribution in [-0.2, 0) is 0 Å². The predicted molar refractivity (Wildman–Crippen MR) is 74.4 cm³/mol. The lowest BCUT2D eigenvalue weighted by Crippen LogP contribution is -1.99. The Bertz CT molecular complexity index is 681. The van der Waals surface area contributed by atoms with Crippen LogP contribution in [0.15, 0.2) is 54.6 Å². The SMILES string of the molecule is O=[N+]([O-])C(=Cc1ccccc1[N+](=O)[O-])c1ccccc1. The molecular weight excluding hydrogens is 260 g/mol. The van der Waals surface area contributed by atoms with Crippen LogP contribution in [-0.4, -0.2) is 9.85 Å². The Balaban J connectivity index is 2.56. The maximum atomic E-state index is 11.2. The van der Waals surface area contributed by atoms with E-state index in [1.54, 1.807) is 36.4 Å². The van der Waals surface area contributed by atoms with E-state index in [9.17, 15) is 20.2 Å². The van der Waals surface area contributed by atoms with Gasteiger partial charge in [0.1, 0.15) is 0 Å². The molecule has 2 rings (SSSR count). The highest BCUT2D eigenvalue weighted by Gasteiger charge is 2.18. The number of nitrogens with zero attached hydrogens (tertiary/aromatic N) is 2. The van der Waals surface area contributed by atoms with Gasteiger partial charge in [-0.25, -0.2) is 0 Å². The first kappa shape index (κ1) is 13.4. The van der Waals surface area contributed by atoms with Crippen molar-refractivity contribution in [1.82, 2.24) is 0 Å². The van der Waals surface area contributed by atoms with Crippen LogP contribution in [0.2, 0.25) is 0 Å². The molecule has 100 valence electrons. The molecule has 0 saturated carbocycles. The molecule has 0 aromatic heterocycles. The van der Waals surface area contributed by atoms with Gasteiger partial charge in [-0.15, -0.1) is 0 Å². The molecule has 0 N–H and O–H groups in total. The van der Waals surface area contributed by atoms with Gasteiger partial charge in [0.25, 0.3) is 11.4 Å². The van der Waals surface area contributed by atoms with Crippen molar-refractivity contribution in [3.63, 3.8) is 0 Å². The summed E-state index contributed by atoms with van der Waals surface area (Å²) in [6.07, 6.45) is 1.22. The van der Waals surface area contributed by atoms with Gasteiger partial charge in [-0.1, -0.05) is 30.3 Å². The predicted octanol–water partition coefficient (Wildman–Crippen LogP) is 3.37. The van der Waals surface area contributed by atoms with E-state index in [4.69, 9.17) is 0 Å². The molecule has 2 aromatic rings. The maximum absolute atomic E-state index is 11.2. The van der Waals surface area contributed by atoms with E-state index in [2.05, 4.69) is 0 Å². The van der Waals surface area contributed by atoms with Crippen LogP contribution in [0.1, 0.15) is 11.1 Å². The number of rotatable bonds is 4. The normalized spacial score (nSPS) is 11.1. The van der Waals surface area contributed by atoms with Gasteiger partial charge in [0.05, 0.1) is 21.0 Å². The zero-order chi connectivity index (χ0) is 14.5. The Hall–Kier alpha value is -3.02. The van der Waals surface area contributed by atoms with Crippen molar-refractivity contribution in [3.05, 3.63) is 86.0 Å². The third-order valence-corrected chi connectivity index (χ3v) is 2.69. The summed E-state index contributed by atoms with van der Waals surface area (Å²) in [6.45, 7) is 0. The van der Waals surface area contributed by atoms with Crippen LogP contribution in [0.25, 0.3) is 11.8 Å². The number of hydrogen-bond acceptors (Lipinski definition) is 4. The van der Waals surface area contributed by atoms with Crippen LogP contribution < -0.4 is 0 Å². The minimum Gasteiger partial charge on any atom is -0.258 e. The fraction of sp³-hybridized carbons (Fsp3) is 0. The lowest BCUT2D eigenvalue weighted by atomic mass is 10.1. The molecule has 0 fully saturated rings. The van der Waals surface area contributed by atoms with E-state index in [-0.39, 0.29) is 16.9 Å². The highest BCUT2D eigenvalue weighted by atomic mass is 16.6. The molecule has 2 aromatic carbocycles. The Kier molecular flexibility index (Phi) is 3.85. The molecule has 20 heavy (non-hydrogen) atoms. The number of nitro groups is 2. The molecular formula is C14H10N2O4. The van der Waals surface area contributed by atoms with E-state index in [1.165, 1.54) is 24.3 Å². The highest BCUT2D eigenvalue weighted by Crippen LogP contribution is 2.24. The molecule has 0 radical (unpaired) electrons. The molecule has 6 heteroatoms. The second-order valence-corrected chi connectivity index (χ2v) is 3.97. The van der Waals surface area contributed by atoms with E-state index in [0.717, 1.165) is 0 Å². The summed E-state index contributed by atoms with van der Waals surface area (Å²) in [5.41, 5.74) is 0.256. The first-order chi connectivity index (χ1) is 9.59. The fourth-order valence-corrected chi connectivity index (χ4v) is 1.77. The topological polar surface area (TPSA) is 86.3 Å². The maximum Gasteiger partial charge on any atom is 0.277 e. The van der Waals surface area contributed by atoms with Gasteiger partial charge >= 0.3 is 0 Å². The van der Waals surface area contributed by atoms with Crippen LogP contribution in [0.5, 0.6) is 0 Å². The van der Waals surface area contributed by atoms with Crippen molar-refractivity contribution in [3.8, 4) is 0 Å². The minimum absolute atomic E-state index is 0.164. The first-order valence-electron chi connectivity index (χ1n) is 5.74. The van der Waals surface area contributed by atoms with E-state index in [0.29, 0.717) is 5.56 Å². The van der Waals surface area contributed by atoms with Crippen molar-refractivity contribution >= 4 is 17.5 Å². The molecule has 6 nitrogen and oxygen atoms in total. The summed E-state index contributed by atoms with van der Waals surface area (Å²) in [4.78, 5) is 21.0. The van der Waals surface area contributed by atoms with Crippen molar-refractivity contribution < 1.29 is 9.85 Å². The molecule has 0 saturated heterocycles. The van der Waals surface area contributed by atoms with Crippen LogP contribution in [0.4, 0.5) is 5.69 Å². The zero-order valence-corrected chi connectivity index (χ0v) is 10.3. The molecule has 0 atom stereocenters. The van der Waals surface area contributed by atoms with E-state index >= 15 is 0 Å². The number of benzene rings is 2.